The van der Waals surface area contributed by atoms with E-state index in [1.165, 1.54) is 0 Å². The number of nitriles is 1. The monoisotopic (exact) mass is 293 g/mol. The predicted octanol–water partition coefficient (Wildman–Crippen LogP) is 3.10. The van der Waals surface area contributed by atoms with Gasteiger partial charge in [0.1, 0.15) is 6.42 Å². The molecule has 0 fully saturated rings. The second-order valence-corrected chi connectivity index (χ2v) is 4.78. The van der Waals surface area contributed by atoms with E-state index in [4.69, 9.17) is 5.26 Å². The third kappa shape index (κ3) is 4.18. The summed E-state index contributed by atoms with van der Waals surface area (Å²) in [5.74, 6) is -0.552. The summed E-state index contributed by atoms with van der Waals surface area (Å²) in [6.07, 6.45) is -0.189. The van der Waals surface area contributed by atoms with Crippen LogP contribution in [0.25, 0.3) is 0 Å². The summed E-state index contributed by atoms with van der Waals surface area (Å²) in [6.45, 7) is 1.93. The lowest BCUT2D eigenvalue weighted by molar-refractivity contribution is -0.115. The molecule has 2 N–H and O–H groups in total. The zero-order valence-corrected chi connectivity index (χ0v) is 12.1. The van der Waals surface area contributed by atoms with Crippen molar-refractivity contribution in [2.45, 2.75) is 13.3 Å². The van der Waals surface area contributed by atoms with Gasteiger partial charge < -0.3 is 10.6 Å². The maximum absolute atomic E-state index is 12.1. The molecule has 0 radical (unpaired) electrons. The van der Waals surface area contributed by atoms with Gasteiger partial charge in [-0.25, -0.2) is 0 Å². The Kier molecular flexibility index (Phi) is 4.89. The van der Waals surface area contributed by atoms with Gasteiger partial charge in [-0.15, -0.1) is 0 Å². The van der Waals surface area contributed by atoms with Crippen LogP contribution in [0.5, 0.6) is 0 Å². The Hall–Kier alpha value is -3.13. The van der Waals surface area contributed by atoms with Crippen molar-refractivity contribution in [1.29, 1.82) is 5.26 Å². The molecule has 5 nitrogen and oxygen atoms in total. The molecule has 5 heteroatoms. The van der Waals surface area contributed by atoms with Crippen molar-refractivity contribution >= 4 is 23.2 Å². The summed E-state index contributed by atoms with van der Waals surface area (Å²) in [5.41, 5.74) is 2.81. The predicted molar refractivity (Wildman–Crippen MR) is 84.4 cm³/mol. The van der Waals surface area contributed by atoms with Crippen LogP contribution in [0.3, 0.4) is 0 Å². The van der Waals surface area contributed by atoms with Gasteiger partial charge in [0.15, 0.2) is 0 Å². The second kappa shape index (κ2) is 7.04. The SMILES string of the molecule is Cc1cccc(C(=O)Nc2ccc(NC(=O)CC#N)cc2)c1. The lowest BCUT2D eigenvalue weighted by Gasteiger charge is -2.07. The second-order valence-electron chi connectivity index (χ2n) is 4.78. The van der Waals surface area contributed by atoms with Crippen molar-refractivity contribution in [2.24, 2.45) is 0 Å². The van der Waals surface area contributed by atoms with Crippen LogP contribution in [0.2, 0.25) is 0 Å². The van der Waals surface area contributed by atoms with Crippen LogP contribution in [-0.4, -0.2) is 11.8 Å². The highest BCUT2D eigenvalue weighted by Crippen LogP contribution is 2.15. The van der Waals surface area contributed by atoms with E-state index >= 15 is 0 Å². The number of anilines is 2. The summed E-state index contributed by atoms with van der Waals surface area (Å²) in [7, 11) is 0. The van der Waals surface area contributed by atoms with Gasteiger partial charge >= 0.3 is 0 Å². The van der Waals surface area contributed by atoms with E-state index in [0.29, 0.717) is 16.9 Å². The topological polar surface area (TPSA) is 82.0 Å². The summed E-state index contributed by atoms with van der Waals surface area (Å²) in [5, 5.41) is 13.8. The average molecular weight is 293 g/mol. The van der Waals surface area contributed by atoms with Crippen molar-refractivity contribution < 1.29 is 9.59 Å². The van der Waals surface area contributed by atoms with Crippen molar-refractivity contribution in [3.63, 3.8) is 0 Å². The maximum atomic E-state index is 12.1. The zero-order chi connectivity index (χ0) is 15.9. The highest BCUT2D eigenvalue weighted by atomic mass is 16.2. The summed E-state index contributed by atoms with van der Waals surface area (Å²) >= 11 is 0. The van der Waals surface area contributed by atoms with Crippen molar-refractivity contribution in [3.05, 3.63) is 59.7 Å². The number of aryl methyl sites for hydroxylation is 1. The minimum atomic E-state index is -0.362. The highest BCUT2D eigenvalue weighted by Gasteiger charge is 2.06. The minimum absolute atomic E-state index is 0.189. The van der Waals surface area contributed by atoms with E-state index < -0.39 is 0 Å². The van der Waals surface area contributed by atoms with E-state index in [2.05, 4.69) is 10.6 Å². The standard InChI is InChI=1S/C17H15N3O2/c1-12-3-2-4-13(11-12)17(22)20-15-7-5-14(6-8-15)19-16(21)9-10-18/h2-8,11H,9H2,1H3,(H,19,21)(H,20,22). The van der Waals surface area contributed by atoms with Gasteiger partial charge in [-0.2, -0.15) is 5.26 Å². The van der Waals surface area contributed by atoms with E-state index in [1.54, 1.807) is 36.4 Å². The number of hydrogen-bond donors (Lipinski definition) is 2. The number of rotatable bonds is 4. The Labute approximate surface area is 128 Å². The molecule has 0 aromatic heterocycles. The fourth-order valence-electron chi connectivity index (χ4n) is 1.90. The van der Waals surface area contributed by atoms with Gasteiger partial charge in [-0.1, -0.05) is 17.7 Å². The van der Waals surface area contributed by atoms with Crippen LogP contribution in [0.15, 0.2) is 48.5 Å². The van der Waals surface area contributed by atoms with Gasteiger partial charge in [0.2, 0.25) is 5.91 Å². The molecule has 0 bridgehead atoms. The number of carbonyl (C=O) groups excluding carboxylic acids is 2. The first kappa shape index (κ1) is 15.3. The van der Waals surface area contributed by atoms with Gasteiger partial charge in [0, 0.05) is 16.9 Å². The molecule has 0 saturated heterocycles. The molecule has 0 saturated carbocycles. The Bertz CT molecular complexity index is 730. The highest BCUT2D eigenvalue weighted by molar-refractivity contribution is 6.04. The molecule has 2 aromatic carbocycles. The van der Waals surface area contributed by atoms with E-state index in [1.807, 2.05) is 25.1 Å². The van der Waals surface area contributed by atoms with Crippen molar-refractivity contribution in [2.75, 3.05) is 10.6 Å². The van der Waals surface area contributed by atoms with E-state index in [0.717, 1.165) is 5.56 Å². The number of benzene rings is 2. The molecule has 0 aliphatic heterocycles. The van der Waals surface area contributed by atoms with Crippen LogP contribution in [0.1, 0.15) is 22.3 Å². The molecule has 0 spiro atoms. The third-order valence-electron chi connectivity index (χ3n) is 2.95. The molecular weight excluding hydrogens is 278 g/mol. The normalized spacial score (nSPS) is 9.64. The van der Waals surface area contributed by atoms with Crippen LogP contribution in [-0.2, 0) is 4.79 Å². The molecule has 2 rings (SSSR count). The molecule has 22 heavy (non-hydrogen) atoms. The van der Waals surface area contributed by atoms with Gasteiger partial charge in [0.25, 0.3) is 5.91 Å². The fraction of sp³-hybridized carbons (Fsp3) is 0.118. The molecule has 0 atom stereocenters. The van der Waals surface area contributed by atoms with Crippen LogP contribution in [0.4, 0.5) is 11.4 Å². The molecule has 110 valence electrons. The minimum Gasteiger partial charge on any atom is -0.325 e. The maximum Gasteiger partial charge on any atom is 0.255 e. The lowest BCUT2D eigenvalue weighted by atomic mass is 10.1. The van der Waals surface area contributed by atoms with Crippen molar-refractivity contribution in [1.82, 2.24) is 0 Å². The lowest BCUT2D eigenvalue weighted by Crippen LogP contribution is -2.12. The molecule has 0 aliphatic carbocycles. The first-order valence-electron chi connectivity index (χ1n) is 6.73. The van der Waals surface area contributed by atoms with Gasteiger partial charge in [-0.05, 0) is 43.3 Å². The number of amides is 2. The Morgan fingerprint density at radius 3 is 2.27 bits per heavy atom. The first-order valence-corrected chi connectivity index (χ1v) is 6.73. The third-order valence-corrected chi connectivity index (χ3v) is 2.95. The molecule has 2 aromatic rings. The Morgan fingerprint density at radius 2 is 1.68 bits per heavy atom. The molecule has 0 heterocycles. The smallest absolute Gasteiger partial charge is 0.255 e. The Balaban J connectivity index is 2.01. The summed E-state index contributed by atoms with van der Waals surface area (Å²) in [6, 6.07) is 15.8. The van der Waals surface area contributed by atoms with Crippen LogP contribution in [0, 0.1) is 18.3 Å². The number of nitrogens with zero attached hydrogens (tertiary/aromatic N) is 1. The van der Waals surface area contributed by atoms with E-state index in [9.17, 15) is 9.59 Å². The molecular formula is C17H15N3O2. The number of carbonyl (C=O) groups is 2. The zero-order valence-electron chi connectivity index (χ0n) is 12.1. The largest absolute Gasteiger partial charge is 0.325 e. The molecule has 2 amide bonds. The quantitative estimate of drug-likeness (QED) is 0.908. The van der Waals surface area contributed by atoms with E-state index in [-0.39, 0.29) is 18.2 Å². The summed E-state index contributed by atoms with van der Waals surface area (Å²) in [4.78, 5) is 23.4. The fourth-order valence-corrected chi connectivity index (χ4v) is 1.90. The number of nitrogens with one attached hydrogen (secondary N) is 2. The van der Waals surface area contributed by atoms with Crippen LogP contribution < -0.4 is 10.6 Å². The summed E-state index contributed by atoms with van der Waals surface area (Å²) < 4.78 is 0. The van der Waals surface area contributed by atoms with Crippen LogP contribution >= 0.6 is 0 Å². The van der Waals surface area contributed by atoms with Crippen molar-refractivity contribution in [3.8, 4) is 6.07 Å². The van der Waals surface area contributed by atoms with Gasteiger partial charge in [0.05, 0.1) is 6.07 Å². The Morgan fingerprint density at radius 1 is 1.05 bits per heavy atom. The average Bonchev–Trinajstić information content (AvgIpc) is 2.49. The molecule has 0 unspecified atom stereocenters. The number of hydrogen-bond acceptors (Lipinski definition) is 3. The first-order chi connectivity index (χ1) is 10.6. The van der Waals surface area contributed by atoms with Gasteiger partial charge in [-0.3, -0.25) is 9.59 Å². The molecule has 0 aliphatic rings.